The molecule has 0 saturated heterocycles. The van der Waals surface area contributed by atoms with Gasteiger partial charge in [-0.1, -0.05) is 0 Å². The van der Waals surface area contributed by atoms with E-state index in [1.54, 1.807) is 11.3 Å². The maximum absolute atomic E-state index is 10.4. The highest BCUT2D eigenvalue weighted by Gasteiger charge is 2.11. The molecule has 0 radical (unpaired) electrons. The lowest BCUT2D eigenvalue weighted by Gasteiger charge is -2.13. The summed E-state index contributed by atoms with van der Waals surface area (Å²) in [5, 5.41) is 11.2. The van der Waals surface area contributed by atoms with Crippen LogP contribution in [0.1, 0.15) is 17.7 Å². The molecule has 0 aromatic carbocycles. The third-order valence-corrected chi connectivity index (χ3v) is 3.73. The predicted molar refractivity (Wildman–Crippen MR) is 65.6 cm³/mol. The summed E-state index contributed by atoms with van der Waals surface area (Å²) in [4.78, 5) is 22.0. The van der Waals surface area contributed by atoms with Gasteiger partial charge in [0, 0.05) is 23.8 Å². The van der Waals surface area contributed by atoms with Crippen LogP contribution in [-0.2, 0) is 16.0 Å². The number of aliphatic carboxylic acids is 1. The number of carboxylic acid groups (broad SMARTS) is 1. The summed E-state index contributed by atoms with van der Waals surface area (Å²) in [6.07, 6.45) is 1.80. The van der Waals surface area contributed by atoms with Crippen molar-refractivity contribution in [1.82, 2.24) is 5.32 Å². The topological polar surface area (TPSA) is 66.4 Å². The SMILES string of the molecule is O=CNC(CCC(=O)O)Cc1ccc(Br)s1. The van der Waals surface area contributed by atoms with Gasteiger partial charge in [0.25, 0.3) is 0 Å². The van der Waals surface area contributed by atoms with E-state index in [9.17, 15) is 9.59 Å². The molecule has 1 amide bonds. The van der Waals surface area contributed by atoms with E-state index in [-0.39, 0.29) is 12.5 Å². The summed E-state index contributed by atoms with van der Waals surface area (Å²) in [6.45, 7) is 0. The summed E-state index contributed by atoms with van der Waals surface area (Å²) in [5.74, 6) is -0.843. The monoisotopic (exact) mass is 305 g/mol. The second kappa shape index (κ2) is 6.65. The minimum absolute atomic E-state index is 0.0675. The Bertz CT molecular complexity index is 367. The number of nitrogens with one attached hydrogen (secondary N) is 1. The Labute approximate surface area is 106 Å². The lowest BCUT2D eigenvalue weighted by molar-refractivity contribution is -0.137. The molecular weight excluding hydrogens is 294 g/mol. The van der Waals surface area contributed by atoms with E-state index < -0.39 is 5.97 Å². The summed E-state index contributed by atoms with van der Waals surface area (Å²) >= 11 is 4.95. The van der Waals surface area contributed by atoms with Crippen molar-refractivity contribution in [3.63, 3.8) is 0 Å². The normalized spacial score (nSPS) is 12.1. The molecular formula is C10H12BrNO3S. The molecule has 0 spiro atoms. The molecule has 1 aromatic heterocycles. The molecule has 2 N–H and O–H groups in total. The van der Waals surface area contributed by atoms with Gasteiger partial charge in [0.15, 0.2) is 0 Å². The molecule has 0 bridgehead atoms. The Morgan fingerprint density at radius 1 is 1.62 bits per heavy atom. The largest absolute Gasteiger partial charge is 0.481 e. The van der Waals surface area contributed by atoms with Crippen LogP contribution >= 0.6 is 27.3 Å². The van der Waals surface area contributed by atoms with Gasteiger partial charge < -0.3 is 10.4 Å². The van der Waals surface area contributed by atoms with Crippen LogP contribution in [0.2, 0.25) is 0 Å². The molecule has 1 heterocycles. The fraction of sp³-hybridized carbons (Fsp3) is 0.400. The van der Waals surface area contributed by atoms with E-state index in [1.807, 2.05) is 12.1 Å². The van der Waals surface area contributed by atoms with Crippen molar-refractivity contribution in [3.05, 3.63) is 20.8 Å². The lowest BCUT2D eigenvalue weighted by atomic mass is 10.1. The van der Waals surface area contributed by atoms with Crippen molar-refractivity contribution in [2.45, 2.75) is 25.3 Å². The van der Waals surface area contributed by atoms with Crippen LogP contribution in [0.25, 0.3) is 0 Å². The Kier molecular flexibility index (Phi) is 5.48. The molecule has 4 nitrogen and oxygen atoms in total. The summed E-state index contributed by atoms with van der Waals surface area (Å²) < 4.78 is 1.03. The van der Waals surface area contributed by atoms with Gasteiger partial charge in [0.2, 0.25) is 6.41 Å². The van der Waals surface area contributed by atoms with E-state index in [0.29, 0.717) is 19.3 Å². The zero-order valence-electron chi connectivity index (χ0n) is 8.48. The molecule has 1 rings (SSSR count). The summed E-state index contributed by atoms with van der Waals surface area (Å²) in [6, 6.07) is 3.80. The van der Waals surface area contributed by atoms with Crippen LogP contribution in [0, 0.1) is 0 Å². The molecule has 0 aliphatic rings. The van der Waals surface area contributed by atoms with E-state index >= 15 is 0 Å². The Morgan fingerprint density at radius 3 is 2.88 bits per heavy atom. The molecule has 88 valence electrons. The molecule has 1 atom stereocenters. The van der Waals surface area contributed by atoms with Crippen LogP contribution in [-0.4, -0.2) is 23.5 Å². The average molecular weight is 306 g/mol. The number of amides is 1. The standard InChI is InChI=1S/C10H12BrNO3S/c11-9-3-2-8(16-9)5-7(12-6-13)1-4-10(14)15/h2-3,6-7H,1,4-5H2,(H,12,13)(H,14,15). The number of rotatable bonds is 7. The minimum atomic E-state index is -0.843. The van der Waals surface area contributed by atoms with Gasteiger partial charge in [-0.05, 0) is 34.5 Å². The van der Waals surface area contributed by atoms with Crippen LogP contribution in [0.3, 0.4) is 0 Å². The minimum Gasteiger partial charge on any atom is -0.481 e. The number of carbonyl (C=O) groups is 2. The number of hydrogen-bond donors (Lipinski definition) is 2. The van der Waals surface area contributed by atoms with Gasteiger partial charge in [-0.3, -0.25) is 9.59 Å². The molecule has 1 aromatic rings. The van der Waals surface area contributed by atoms with Gasteiger partial charge in [-0.25, -0.2) is 0 Å². The molecule has 0 saturated carbocycles. The van der Waals surface area contributed by atoms with Crippen molar-refractivity contribution in [1.29, 1.82) is 0 Å². The van der Waals surface area contributed by atoms with Gasteiger partial charge >= 0.3 is 5.97 Å². The number of halogens is 1. The zero-order valence-corrected chi connectivity index (χ0v) is 10.9. The van der Waals surface area contributed by atoms with Crippen molar-refractivity contribution in [3.8, 4) is 0 Å². The van der Waals surface area contributed by atoms with E-state index in [0.717, 1.165) is 8.66 Å². The summed E-state index contributed by atoms with van der Waals surface area (Å²) in [5.41, 5.74) is 0. The van der Waals surface area contributed by atoms with E-state index in [4.69, 9.17) is 5.11 Å². The molecule has 0 aliphatic carbocycles. The fourth-order valence-corrected chi connectivity index (χ4v) is 2.91. The number of thiophene rings is 1. The number of hydrogen-bond acceptors (Lipinski definition) is 3. The van der Waals surface area contributed by atoms with Crippen LogP contribution in [0.4, 0.5) is 0 Å². The maximum atomic E-state index is 10.4. The van der Waals surface area contributed by atoms with E-state index in [1.165, 1.54) is 0 Å². The smallest absolute Gasteiger partial charge is 0.303 e. The van der Waals surface area contributed by atoms with Gasteiger partial charge in [-0.15, -0.1) is 11.3 Å². The zero-order chi connectivity index (χ0) is 12.0. The molecule has 1 unspecified atom stereocenters. The number of carboxylic acids is 1. The first-order chi connectivity index (χ1) is 7.61. The Morgan fingerprint density at radius 2 is 2.38 bits per heavy atom. The average Bonchev–Trinajstić information content (AvgIpc) is 2.61. The summed E-state index contributed by atoms with van der Waals surface area (Å²) in [7, 11) is 0. The van der Waals surface area contributed by atoms with Crippen molar-refractivity contribution >= 4 is 39.6 Å². The first-order valence-corrected chi connectivity index (χ1v) is 6.38. The van der Waals surface area contributed by atoms with Crippen LogP contribution in [0.5, 0.6) is 0 Å². The third kappa shape index (κ3) is 4.76. The van der Waals surface area contributed by atoms with Crippen LogP contribution in [0.15, 0.2) is 15.9 Å². The Hall–Kier alpha value is -0.880. The fourth-order valence-electron chi connectivity index (χ4n) is 1.34. The first kappa shape index (κ1) is 13.2. The predicted octanol–water partition coefficient (Wildman–Crippen LogP) is 2.03. The highest BCUT2D eigenvalue weighted by Crippen LogP contribution is 2.23. The van der Waals surface area contributed by atoms with E-state index in [2.05, 4.69) is 21.2 Å². The van der Waals surface area contributed by atoms with Crippen molar-refractivity contribution in [2.24, 2.45) is 0 Å². The van der Waals surface area contributed by atoms with Crippen molar-refractivity contribution in [2.75, 3.05) is 0 Å². The Balaban J connectivity index is 2.49. The maximum Gasteiger partial charge on any atom is 0.303 e. The highest BCUT2D eigenvalue weighted by molar-refractivity contribution is 9.11. The van der Waals surface area contributed by atoms with Crippen molar-refractivity contribution < 1.29 is 14.7 Å². The first-order valence-electron chi connectivity index (χ1n) is 4.77. The quantitative estimate of drug-likeness (QED) is 0.758. The van der Waals surface area contributed by atoms with Crippen LogP contribution < -0.4 is 5.32 Å². The molecule has 6 heteroatoms. The third-order valence-electron chi connectivity index (χ3n) is 2.09. The number of carbonyl (C=O) groups excluding carboxylic acids is 1. The van der Waals surface area contributed by atoms with Gasteiger partial charge in [0.05, 0.1) is 3.79 Å². The lowest BCUT2D eigenvalue weighted by Crippen LogP contribution is -2.30. The highest BCUT2D eigenvalue weighted by atomic mass is 79.9. The molecule has 0 fully saturated rings. The van der Waals surface area contributed by atoms with Gasteiger partial charge in [0.1, 0.15) is 0 Å². The second-order valence-electron chi connectivity index (χ2n) is 3.32. The molecule has 16 heavy (non-hydrogen) atoms. The second-order valence-corrected chi connectivity index (χ2v) is 5.87. The molecule has 0 aliphatic heterocycles. The van der Waals surface area contributed by atoms with Gasteiger partial charge in [-0.2, -0.15) is 0 Å².